The maximum Gasteiger partial charge on any atom is 0.255 e. The zero-order valence-corrected chi connectivity index (χ0v) is 15.5. The molecular formula is C19H19FN2O4S. The molecule has 0 spiro atoms. The van der Waals surface area contributed by atoms with E-state index in [0.29, 0.717) is 5.56 Å². The highest BCUT2D eigenvalue weighted by Crippen LogP contribution is 2.26. The Morgan fingerprint density at radius 1 is 1.19 bits per heavy atom. The van der Waals surface area contributed by atoms with Crippen molar-refractivity contribution in [1.82, 2.24) is 4.90 Å². The van der Waals surface area contributed by atoms with Crippen molar-refractivity contribution in [3.63, 3.8) is 0 Å². The first-order valence-electron chi connectivity index (χ1n) is 8.38. The third-order valence-corrected chi connectivity index (χ3v) is 5.40. The molecule has 0 fully saturated rings. The molecule has 2 aromatic rings. The van der Waals surface area contributed by atoms with Gasteiger partial charge in [-0.2, -0.15) is 0 Å². The molecule has 0 aliphatic carbocycles. The van der Waals surface area contributed by atoms with Gasteiger partial charge in [-0.05, 0) is 30.2 Å². The smallest absolute Gasteiger partial charge is 0.255 e. The van der Waals surface area contributed by atoms with Crippen LogP contribution in [0.2, 0.25) is 0 Å². The molecule has 1 heterocycles. The summed E-state index contributed by atoms with van der Waals surface area (Å²) in [7, 11) is -3.34. The Balaban J connectivity index is 1.86. The Morgan fingerprint density at radius 3 is 2.52 bits per heavy atom. The fourth-order valence-electron chi connectivity index (χ4n) is 3.06. The SMILES string of the molecule is CS(=O)(=O)CCC(C(=O)Nc1ccccc1F)N1Cc2ccccc2C1=O. The predicted molar refractivity (Wildman–Crippen MR) is 99.5 cm³/mol. The second-order valence-corrected chi connectivity index (χ2v) is 8.75. The lowest BCUT2D eigenvalue weighted by Crippen LogP contribution is -2.45. The zero-order valence-electron chi connectivity index (χ0n) is 14.7. The molecule has 0 saturated carbocycles. The van der Waals surface area contributed by atoms with E-state index in [4.69, 9.17) is 0 Å². The fourth-order valence-corrected chi connectivity index (χ4v) is 3.71. The first-order chi connectivity index (χ1) is 12.8. The molecule has 8 heteroatoms. The van der Waals surface area contributed by atoms with Gasteiger partial charge in [0.2, 0.25) is 5.91 Å². The predicted octanol–water partition coefficient (Wildman–Crippen LogP) is 2.22. The molecule has 0 radical (unpaired) electrons. The topological polar surface area (TPSA) is 83.6 Å². The number of hydrogen-bond donors (Lipinski definition) is 1. The van der Waals surface area contributed by atoms with Crippen molar-refractivity contribution in [3.8, 4) is 0 Å². The number of amides is 2. The van der Waals surface area contributed by atoms with Crippen molar-refractivity contribution in [1.29, 1.82) is 0 Å². The number of halogens is 1. The van der Waals surface area contributed by atoms with Crippen molar-refractivity contribution in [2.75, 3.05) is 17.3 Å². The van der Waals surface area contributed by atoms with E-state index in [1.807, 2.05) is 0 Å². The van der Waals surface area contributed by atoms with Gasteiger partial charge in [0.1, 0.15) is 21.7 Å². The summed E-state index contributed by atoms with van der Waals surface area (Å²) >= 11 is 0. The van der Waals surface area contributed by atoms with Gasteiger partial charge in [0, 0.05) is 18.4 Å². The van der Waals surface area contributed by atoms with Crippen LogP contribution in [-0.4, -0.2) is 43.2 Å². The van der Waals surface area contributed by atoms with E-state index in [0.717, 1.165) is 11.8 Å². The average Bonchev–Trinajstić information content (AvgIpc) is 2.93. The van der Waals surface area contributed by atoms with E-state index in [1.54, 1.807) is 30.3 Å². The molecule has 1 N–H and O–H groups in total. The van der Waals surface area contributed by atoms with Gasteiger partial charge in [0.15, 0.2) is 0 Å². The zero-order chi connectivity index (χ0) is 19.6. The number of fused-ring (bicyclic) bond motifs is 1. The van der Waals surface area contributed by atoms with Crippen LogP contribution in [-0.2, 0) is 21.2 Å². The van der Waals surface area contributed by atoms with Crippen molar-refractivity contribution in [3.05, 3.63) is 65.5 Å². The van der Waals surface area contributed by atoms with Crippen LogP contribution in [0.3, 0.4) is 0 Å². The van der Waals surface area contributed by atoms with Gasteiger partial charge in [-0.25, -0.2) is 12.8 Å². The largest absolute Gasteiger partial charge is 0.322 e. The number of sulfone groups is 1. The molecule has 0 bridgehead atoms. The Hall–Kier alpha value is -2.74. The van der Waals surface area contributed by atoms with E-state index in [9.17, 15) is 22.4 Å². The fraction of sp³-hybridized carbons (Fsp3) is 0.263. The molecule has 27 heavy (non-hydrogen) atoms. The Kier molecular flexibility index (Phi) is 5.27. The monoisotopic (exact) mass is 390 g/mol. The van der Waals surface area contributed by atoms with E-state index < -0.39 is 27.6 Å². The third-order valence-electron chi connectivity index (χ3n) is 4.42. The standard InChI is InChI=1S/C19H19FN2O4S/c1-27(25,26)11-10-17(18(23)21-16-9-5-4-8-15(16)20)22-12-13-6-2-3-7-14(13)19(22)24/h2-9,17H,10-12H2,1H3,(H,21,23). The van der Waals surface area contributed by atoms with Gasteiger partial charge in [-0.1, -0.05) is 30.3 Å². The Morgan fingerprint density at radius 2 is 1.85 bits per heavy atom. The maximum absolute atomic E-state index is 13.9. The van der Waals surface area contributed by atoms with E-state index in [2.05, 4.69) is 5.32 Å². The van der Waals surface area contributed by atoms with Crippen LogP contribution in [0.4, 0.5) is 10.1 Å². The van der Waals surface area contributed by atoms with Crippen LogP contribution >= 0.6 is 0 Å². The molecule has 3 rings (SSSR count). The quantitative estimate of drug-likeness (QED) is 0.820. The second kappa shape index (κ2) is 7.48. The number of hydrogen-bond acceptors (Lipinski definition) is 4. The molecule has 1 aliphatic heterocycles. The molecule has 1 aliphatic rings. The molecule has 142 valence electrons. The second-order valence-electron chi connectivity index (χ2n) is 6.49. The summed E-state index contributed by atoms with van der Waals surface area (Å²) in [5, 5.41) is 2.47. The van der Waals surface area contributed by atoms with Crippen LogP contribution in [0.5, 0.6) is 0 Å². The number of benzene rings is 2. The van der Waals surface area contributed by atoms with Gasteiger partial charge in [0.05, 0.1) is 11.4 Å². The first kappa shape index (κ1) is 19.0. The number of para-hydroxylation sites is 1. The molecule has 0 aromatic heterocycles. The van der Waals surface area contributed by atoms with Crippen molar-refractivity contribution < 1.29 is 22.4 Å². The summed E-state index contributed by atoms with van der Waals surface area (Å²) < 4.78 is 37.0. The minimum absolute atomic E-state index is 0.0176. The third kappa shape index (κ3) is 4.33. The summed E-state index contributed by atoms with van der Waals surface area (Å²) in [4.78, 5) is 26.8. The summed E-state index contributed by atoms with van der Waals surface area (Å²) in [6.45, 7) is 0.203. The number of nitrogens with zero attached hydrogens (tertiary/aromatic N) is 1. The molecule has 2 aromatic carbocycles. The number of carbonyl (C=O) groups is 2. The Bertz CT molecular complexity index is 991. The summed E-state index contributed by atoms with van der Waals surface area (Å²) in [5.74, 6) is -1.83. The molecule has 1 unspecified atom stereocenters. The van der Waals surface area contributed by atoms with Crippen LogP contribution in [0.25, 0.3) is 0 Å². The van der Waals surface area contributed by atoms with Gasteiger partial charge in [-0.3, -0.25) is 9.59 Å². The minimum Gasteiger partial charge on any atom is -0.322 e. The van der Waals surface area contributed by atoms with Crippen LogP contribution in [0.1, 0.15) is 22.3 Å². The maximum atomic E-state index is 13.9. The van der Waals surface area contributed by atoms with Gasteiger partial charge in [-0.15, -0.1) is 0 Å². The van der Waals surface area contributed by atoms with E-state index in [1.165, 1.54) is 23.1 Å². The van der Waals surface area contributed by atoms with Gasteiger partial charge < -0.3 is 10.2 Å². The molecule has 1 atom stereocenters. The molecule has 2 amide bonds. The van der Waals surface area contributed by atoms with Gasteiger partial charge >= 0.3 is 0 Å². The van der Waals surface area contributed by atoms with Crippen LogP contribution < -0.4 is 5.32 Å². The highest BCUT2D eigenvalue weighted by molar-refractivity contribution is 7.90. The molecule has 0 saturated heterocycles. The summed E-state index contributed by atoms with van der Waals surface area (Å²) in [5.41, 5.74) is 1.24. The minimum atomic E-state index is -3.34. The highest BCUT2D eigenvalue weighted by Gasteiger charge is 2.36. The summed E-state index contributed by atoms with van der Waals surface area (Å²) in [6.07, 6.45) is 0.998. The lowest BCUT2D eigenvalue weighted by Gasteiger charge is -2.27. The molecule has 6 nitrogen and oxygen atoms in total. The van der Waals surface area contributed by atoms with Gasteiger partial charge in [0.25, 0.3) is 5.91 Å². The number of carbonyl (C=O) groups excluding carboxylic acids is 2. The van der Waals surface area contributed by atoms with Crippen LogP contribution in [0.15, 0.2) is 48.5 Å². The van der Waals surface area contributed by atoms with Crippen LogP contribution in [0, 0.1) is 5.82 Å². The van der Waals surface area contributed by atoms with Crippen molar-refractivity contribution in [2.24, 2.45) is 0 Å². The lowest BCUT2D eigenvalue weighted by molar-refractivity contribution is -0.120. The summed E-state index contributed by atoms with van der Waals surface area (Å²) in [6, 6.07) is 11.6. The lowest BCUT2D eigenvalue weighted by atomic mass is 10.1. The first-order valence-corrected chi connectivity index (χ1v) is 10.4. The number of nitrogens with one attached hydrogen (secondary N) is 1. The average molecular weight is 390 g/mol. The van der Waals surface area contributed by atoms with E-state index in [-0.39, 0.29) is 30.3 Å². The number of anilines is 1. The van der Waals surface area contributed by atoms with Crippen molar-refractivity contribution in [2.45, 2.75) is 19.0 Å². The van der Waals surface area contributed by atoms with E-state index >= 15 is 0 Å². The van der Waals surface area contributed by atoms with Crippen molar-refractivity contribution >= 4 is 27.3 Å². The Labute approximate surface area is 156 Å². The number of rotatable bonds is 6. The highest BCUT2D eigenvalue weighted by atomic mass is 32.2. The molecular weight excluding hydrogens is 371 g/mol. The normalized spacial score (nSPS) is 14.7.